The average Bonchev–Trinajstić information content (AvgIpc) is 2.23. The van der Waals surface area contributed by atoms with Crippen LogP contribution in [0.2, 0.25) is 19.6 Å². The van der Waals surface area contributed by atoms with E-state index in [-0.39, 0.29) is 16.3 Å². The lowest BCUT2D eigenvalue weighted by molar-refractivity contribution is 0.0967. The molecule has 1 aliphatic rings. The second kappa shape index (κ2) is 5.05. The Hall–Kier alpha value is -1.05. The molecule has 0 unspecified atom stereocenters. The maximum atomic E-state index is 14.1. The van der Waals surface area contributed by atoms with E-state index in [0.717, 1.165) is 4.90 Å². The molecule has 1 nitrogen and oxygen atoms in total. The van der Waals surface area contributed by atoms with Crippen molar-refractivity contribution in [3.05, 3.63) is 29.1 Å². The molecule has 20 heavy (non-hydrogen) atoms. The summed E-state index contributed by atoms with van der Waals surface area (Å²) in [6.07, 6.45) is 0.483. The summed E-state index contributed by atoms with van der Waals surface area (Å²) in [6, 6.07) is 3.09. The van der Waals surface area contributed by atoms with Crippen LogP contribution >= 0.6 is 11.8 Å². The van der Waals surface area contributed by atoms with Crippen molar-refractivity contribution < 1.29 is 9.18 Å². The minimum atomic E-state index is -1.56. The Balaban J connectivity index is 2.48. The van der Waals surface area contributed by atoms with Crippen LogP contribution in [0.4, 0.5) is 4.39 Å². The van der Waals surface area contributed by atoms with Gasteiger partial charge in [-0.05, 0) is 26.0 Å². The minimum absolute atomic E-state index is 0.0832. The summed E-state index contributed by atoms with van der Waals surface area (Å²) in [5.41, 5.74) is 4.12. The first kappa shape index (κ1) is 15.3. The summed E-state index contributed by atoms with van der Waals surface area (Å²) in [6.45, 7) is 10.4. The number of halogens is 1. The van der Waals surface area contributed by atoms with Gasteiger partial charge in [0.05, 0.1) is 5.56 Å². The smallest absolute Gasteiger partial charge is 0.165 e. The number of thioether (sulfide) groups is 1. The highest BCUT2D eigenvalue weighted by Crippen LogP contribution is 2.43. The van der Waals surface area contributed by atoms with Crippen molar-refractivity contribution >= 4 is 25.6 Å². The zero-order valence-corrected chi connectivity index (χ0v) is 14.4. The van der Waals surface area contributed by atoms with Crippen LogP contribution in [0.1, 0.15) is 36.2 Å². The molecule has 0 atom stereocenters. The van der Waals surface area contributed by atoms with Crippen LogP contribution in [-0.2, 0) is 0 Å². The van der Waals surface area contributed by atoms with E-state index >= 15 is 0 Å². The molecule has 0 spiro atoms. The topological polar surface area (TPSA) is 17.1 Å². The van der Waals surface area contributed by atoms with Crippen molar-refractivity contribution in [2.24, 2.45) is 0 Å². The zero-order valence-electron chi connectivity index (χ0n) is 12.6. The first-order valence-corrected chi connectivity index (χ1v) is 11.0. The van der Waals surface area contributed by atoms with Crippen molar-refractivity contribution in [1.82, 2.24) is 0 Å². The molecule has 1 aliphatic heterocycles. The van der Waals surface area contributed by atoms with Crippen LogP contribution in [0.3, 0.4) is 0 Å². The van der Waals surface area contributed by atoms with Crippen LogP contribution in [0.5, 0.6) is 0 Å². The largest absolute Gasteiger partial charge is 0.294 e. The van der Waals surface area contributed by atoms with Crippen LogP contribution in [0.15, 0.2) is 17.0 Å². The van der Waals surface area contributed by atoms with E-state index in [0.29, 0.717) is 17.5 Å². The van der Waals surface area contributed by atoms with Gasteiger partial charge >= 0.3 is 0 Å². The predicted octanol–water partition coefficient (Wildman–Crippen LogP) is 4.51. The highest BCUT2D eigenvalue weighted by Gasteiger charge is 2.32. The number of fused-ring (bicyclic) bond motifs is 1. The quantitative estimate of drug-likeness (QED) is 0.518. The lowest BCUT2D eigenvalue weighted by Crippen LogP contribution is -2.25. The molecule has 4 heteroatoms. The molecule has 0 aromatic heterocycles. The van der Waals surface area contributed by atoms with E-state index in [9.17, 15) is 9.18 Å². The molecule has 0 N–H and O–H groups in total. The molecule has 0 fully saturated rings. The van der Waals surface area contributed by atoms with E-state index in [4.69, 9.17) is 0 Å². The molecule has 1 heterocycles. The Morgan fingerprint density at radius 3 is 2.55 bits per heavy atom. The summed E-state index contributed by atoms with van der Waals surface area (Å²) < 4.78 is 14.0. The highest BCUT2D eigenvalue weighted by atomic mass is 32.2. The van der Waals surface area contributed by atoms with Crippen molar-refractivity contribution in [3.63, 3.8) is 0 Å². The first-order valence-electron chi connectivity index (χ1n) is 6.66. The molecule has 0 radical (unpaired) electrons. The van der Waals surface area contributed by atoms with Gasteiger partial charge in [0.2, 0.25) is 0 Å². The number of carbonyl (C=O) groups is 1. The second-order valence-corrected chi connectivity index (χ2v) is 13.3. The summed E-state index contributed by atoms with van der Waals surface area (Å²) in [5, 5.41) is 0. The van der Waals surface area contributed by atoms with Crippen LogP contribution in [0.25, 0.3) is 0 Å². The maximum absolute atomic E-state index is 14.1. The Morgan fingerprint density at radius 1 is 1.30 bits per heavy atom. The zero-order chi connectivity index (χ0) is 15.1. The average molecular weight is 306 g/mol. The van der Waals surface area contributed by atoms with Crippen molar-refractivity contribution in [2.45, 2.75) is 49.6 Å². The number of rotatable bonds is 0. The van der Waals surface area contributed by atoms with Gasteiger partial charge < -0.3 is 0 Å². The molecule has 0 aliphatic carbocycles. The van der Waals surface area contributed by atoms with Gasteiger partial charge in [-0.2, -0.15) is 0 Å². The molecular weight excluding hydrogens is 287 g/mol. The molecule has 1 aromatic carbocycles. The monoisotopic (exact) mass is 306 g/mol. The molecule has 1 aromatic rings. The molecule has 0 saturated heterocycles. The van der Waals surface area contributed by atoms with E-state index in [1.807, 2.05) is 13.8 Å². The van der Waals surface area contributed by atoms with Crippen molar-refractivity contribution in [3.8, 4) is 11.5 Å². The van der Waals surface area contributed by atoms with Gasteiger partial charge in [0.15, 0.2) is 5.78 Å². The Bertz CT molecular complexity index is 632. The molecule has 106 valence electrons. The van der Waals surface area contributed by atoms with Gasteiger partial charge in [-0.1, -0.05) is 25.6 Å². The molecule has 0 bridgehead atoms. The SMILES string of the molecule is CC1(C)CC(=O)c2cc(C#C[Si](C)(C)C)c(F)cc2S1. The van der Waals surface area contributed by atoms with Gasteiger partial charge in [0.25, 0.3) is 0 Å². The predicted molar refractivity (Wildman–Crippen MR) is 85.5 cm³/mol. The number of benzene rings is 1. The fourth-order valence-electron chi connectivity index (χ4n) is 2.02. The summed E-state index contributed by atoms with van der Waals surface area (Å²) in [7, 11) is -1.56. The highest BCUT2D eigenvalue weighted by molar-refractivity contribution is 8.00. The second-order valence-electron chi connectivity index (χ2n) is 6.79. The fourth-order valence-corrected chi connectivity index (χ4v) is 3.78. The van der Waals surface area contributed by atoms with Crippen molar-refractivity contribution in [1.29, 1.82) is 0 Å². The van der Waals surface area contributed by atoms with Gasteiger partial charge in [0.1, 0.15) is 13.9 Å². The number of carbonyl (C=O) groups excluding carboxylic acids is 1. The van der Waals surface area contributed by atoms with Gasteiger partial charge in [-0.25, -0.2) is 4.39 Å². The standard InChI is InChI=1S/C16H19FOSSi/c1-16(2)10-14(18)12-8-11(6-7-20(3,4)5)13(17)9-15(12)19-16/h8-9H,10H2,1-5H3. The fraction of sp³-hybridized carbons (Fsp3) is 0.438. The minimum Gasteiger partial charge on any atom is -0.294 e. The van der Waals surface area contributed by atoms with Gasteiger partial charge in [0, 0.05) is 21.6 Å². The summed E-state index contributed by atoms with van der Waals surface area (Å²) in [4.78, 5) is 12.9. The third-order valence-electron chi connectivity index (χ3n) is 2.91. The molecule has 2 rings (SSSR count). The van der Waals surface area contributed by atoms with Crippen LogP contribution in [0, 0.1) is 17.3 Å². The van der Waals surface area contributed by atoms with Gasteiger partial charge in [-0.15, -0.1) is 17.3 Å². The van der Waals surface area contributed by atoms with E-state index < -0.39 is 8.07 Å². The number of hydrogen-bond acceptors (Lipinski definition) is 2. The maximum Gasteiger partial charge on any atom is 0.165 e. The Morgan fingerprint density at radius 2 is 1.95 bits per heavy atom. The third-order valence-corrected chi connectivity index (χ3v) is 5.04. The number of hydrogen-bond donors (Lipinski definition) is 0. The lowest BCUT2D eigenvalue weighted by atomic mass is 9.98. The summed E-state index contributed by atoms with van der Waals surface area (Å²) in [5.74, 6) is 2.68. The Labute approximate surface area is 125 Å². The molecule has 0 amide bonds. The van der Waals surface area contributed by atoms with E-state index in [1.54, 1.807) is 17.8 Å². The van der Waals surface area contributed by atoms with Crippen LogP contribution < -0.4 is 0 Å². The first-order chi connectivity index (χ1) is 9.07. The molecule has 0 saturated carbocycles. The number of ketones is 1. The summed E-state index contributed by atoms with van der Waals surface area (Å²) >= 11 is 1.56. The normalized spacial score (nSPS) is 17.2. The van der Waals surface area contributed by atoms with E-state index in [2.05, 4.69) is 31.1 Å². The van der Waals surface area contributed by atoms with Gasteiger partial charge in [-0.3, -0.25) is 4.79 Å². The van der Waals surface area contributed by atoms with Crippen LogP contribution in [-0.4, -0.2) is 18.6 Å². The lowest BCUT2D eigenvalue weighted by Gasteiger charge is -2.29. The molecular formula is C16H19FOSSi. The number of Topliss-reactive ketones (excluding diaryl/α,β-unsaturated/α-hetero) is 1. The van der Waals surface area contributed by atoms with E-state index in [1.165, 1.54) is 6.07 Å². The Kier molecular flexibility index (Phi) is 3.87. The van der Waals surface area contributed by atoms with Crippen molar-refractivity contribution in [2.75, 3.05) is 0 Å². The third kappa shape index (κ3) is 3.53.